The first-order valence-corrected chi connectivity index (χ1v) is 7.72. The van der Waals surface area contributed by atoms with Crippen molar-refractivity contribution in [2.45, 2.75) is 70.6 Å². The Bertz CT molecular complexity index is 372. The smallest absolute Gasteiger partial charge is 0.405 e. The van der Waals surface area contributed by atoms with Crippen molar-refractivity contribution in [1.29, 1.82) is 0 Å². The summed E-state index contributed by atoms with van der Waals surface area (Å²) in [6.07, 6.45) is 2.09. The van der Waals surface area contributed by atoms with E-state index in [1.54, 1.807) is 0 Å². The van der Waals surface area contributed by atoms with Gasteiger partial charge in [0.15, 0.2) is 0 Å². The van der Waals surface area contributed by atoms with E-state index < -0.39 is 23.4 Å². The van der Waals surface area contributed by atoms with Crippen molar-refractivity contribution in [2.24, 2.45) is 11.5 Å². The summed E-state index contributed by atoms with van der Waals surface area (Å²) >= 11 is 0. The van der Waals surface area contributed by atoms with Gasteiger partial charge in [-0.2, -0.15) is 0 Å². The van der Waals surface area contributed by atoms with Gasteiger partial charge >= 0.3 is 12.2 Å². The fourth-order valence-corrected chi connectivity index (χ4v) is 2.69. The molecule has 7 heteroatoms. The number of likely N-dealkylation sites (tertiary alicyclic amines) is 1. The van der Waals surface area contributed by atoms with E-state index in [4.69, 9.17) is 20.9 Å². The van der Waals surface area contributed by atoms with Crippen LogP contribution in [0.4, 0.5) is 9.59 Å². The average molecular weight is 315 g/mol. The minimum Gasteiger partial charge on any atom is -0.444 e. The maximum atomic E-state index is 10.8. The number of hydrogen-bond acceptors (Lipinski definition) is 5. The fourth-order valence-electron chi connectivity index (χ4n) is 2.69. The number of nitrogens with two attached hydrogens (primary N) is 2. The van der Waals surface area contributed by atoms with Gasteiger partial charge in [-0.05, 0) is 59.9 Å². The van der Waals surface area contributed by atoms with Crippen LogP contribution in [0.15, 0.2) is 0 Å². The molecule has 7 nitrogen and oxygen atoms in total. The third-order valence-corrected chi connectivity index (χ3v) is 4.10. The molecule has 1 aliphatic rings. The first-order valence-electron chi connectivity index (χ1n) is 7.72. The third-order valence-electron chi connectivity index (χ3n) is 4.10. The van der Waals surface area contributed by atoms with Crippen LogP contribution in [-0.4, -0.2) is 47.4 Å². The van der Waals surface area contributed by atoms with E-state index in [9.17, 15) is 9.59 Å². The Labute approximate surface area is 132 Å². The average Bonchev–Trinajstić information content (AvgIpc) is 2.23. The lowest BCUT2D eigenvalue weighted by Gasteiger charge is -2.43. The molecule has 0 spiro atoms. The summed E-state index contributed by atoms with van der Waals surface area (Å²) in [6, 6.07) is 0.472. The minimum atomic E-state index is -0.740. The van der Waals surface area contributed by atoms with Gasteiger partial charge in [-0.15, -0.1) is 0 Å². The zero-order chi connectivity index (χ0) is 17.0. The van der Waals surface area contributed by atoms with Gasteiger partial charge < -0.3 is 25.8 Å². The summed E-state index contributed by atoms with van der Waals surface area (Å²) in [5.41, 5.74) is 9.04. The van der Waals surface area contributed by atoms with E-state index in [2.05, 4.69) is 4.90 Å². The van der Waals surface area contributed by atoms with E-state index in [1.165, 1.54) is 0 Å². The van der Waals surface area contributed by atoms with Crippen molar-refractivity contribution in [3.8, 4) is 0 Å². The van der Waals surface area contributed by atoms with Crippen LogP contribution >= 0.6 is 0 Å². The first kappa shape index (κ1) is 18.5. The lowest BCUT2D eigenvalue weighted by molar-refractivity contribution is -0.00302. The zero-order valence-electron chi connectivity index (χ0n) is 14.1. The number of rotatable bonds is 8. The van der Waals surface area contributed by atoms with E-state index in [1.807, 2.05) is 27.7 Å². The molecule has 0 aliphatic carbocycles. The molecule has 4 N–H and O–H groups in total. The molecule has 1 unspecified atom stereocenters. The highest BCUT2D eigenvalue weighted by molar-refractivity contribution is 5.65. The molecule has 0 radical (unpaired) electrons. The van der Waals surface area contributed by atoms with Crippen molar-refractivity contribution in [2.75, 3.05) is 13.1 Å². The predicted octanol–water partition coefficient (Wildman–Crippen LogP) is 1.98. The monoisotopic (exact) mass is 315 g/mol. The second-order valence-corrected chi connectivity index (χ2v) is 7.13. The van der Waals surface area contributed by atoms with Gasteiger partial charge in [0.05, 0.1) is 0 Å². The van der Waals surface area contributed by atoms with E-state index >= 15 is 0 Å². The van der Waals surface area contributed by atoms with E-state index in [0.717, 1.165) is 38.8 Å². The predicted molar refractivity (Wildman–Crippen MR) is 83.3 cm³/mol. The number of primary amides is 2. The van der Waals surface area contributed by atoms with Crippen LogP contribution in [0.3, 0.4) is 0 Å². The molecule has 1 atom stereocenters. The number of carbonyl (C=O) groups is 2. The molecule has 0 aromatic heterocycles. The van der Waals surface area contributed by atoms with E-state index in [-0.39, 0.29) is 0 Å². The Morgan fingerprint density at radius 1 is 1.05 bits per heavy atom. The highest BCUT2D eigenvalue weighted by Gasteiger charge is 2.32. The SMILES string of the molecule is CC(C)(CCC1CCN1CCC(C)(C)OC(N)=O)OC(N)=O. The normalized spacial score (nSPS) is 19.4. The fraction of sp³-hybridized carbons (Fsp3) is 0.867. The summed E-state index contributed by atoms with van der Waals surface area (Å²) in [7, 11) is 0. The highest BCUT2D eigenvalue weighted by atomic mass is 16.6. The molecule has 0 saturated carbocycles. The maximum Gasteiger partial charge on any atom is 0.405 e. The summed E-state index contributed by atoms with van der Waals surface area (Å²) in [4.78, 5) is 24.0. The van der Waals surface area contributed by atoms with Crippen LogP contribution in [0.5, 0.6) is 0 Å². The van der Waals surface area contributed by atoms with Crippen LogP contribution < -0.4 is 11.5 Å². The van der Waals surface area contributed by atoms with Crippen LogP contribution in [0.1, 0.15) is 53.4 Å². The molecule has 1 saturated heterocycles. The van der Waals surface area contributed by atoms with Crippen molar-refractivity contribution in [3.05, 3.63) is 0 Å². The van der Waals surface area contributed by atoms with Crippen LogP contribution in [0.25, 0.3) is 0 Å². The number of carbonyl (C=O) groups excluding carboxylic acids is 2. The van der Waals surface area contributed by atoms with Crippen LogP contribution in [0.2, 0.25) is 0 Å². The molecular weight excluding hydrogens is 286 g/mol. The molecular formula is C15H29N3O4. The lowest BCUT2D eigenvalue weighted by atomic mass is 9.91. The van der Waals surface area contributed by atoms with Crippen molar-refractivity contribution < 1.29 is 19.1 Å². The Hall–Kier alpha value is -1.50. The second-order valence-electron chi connectivity index (χ2n) is 7.13. The molecule has 2 amide bonds. The molecule has 1 aliphatic heterocycles. The van der Waals surface area contributed by atoms with Gasteiger partial charge in [-0.3, -0.25) is 0 Å². The first-order chi connectivity index (χ1) is 10.0. The molecule has 1 fully saturated rings. The van der Waals surface area contributed by atoms with Gasteiger partial charge in [0, 0.05) is 12.6 Å². The second kappa shape index (κ2) is 7.17. The summed E-state index contributed by atoms with van der Waals surface area (Å²) in [6.45, 7) is 9.33. The molecule has 0 bridgehead atoms. The van der Waals surface area contributed by atoms with Crippen molar-refractivity contribution in [1.82, 2.24) is 4.90 Å². The molecule has 0 aromatic rings. The van der Waals surface area contributed by atoms with Crippen LogP contribution in [0, 0.1) is 0 Å². The molecule has 22 heavy (non-hydrogen) atoms. The van der Waals surface area contributed by atoms with Gasteiger partial charge in [-0.1, -0.05) is 0 Å². The zero-order valence-corrected chi connectivity index (χ0v) is 14.1. The minimum absolute atomic E-state index is 0.472. The Kier molecular flexibility index (Phi) is 6.05. The number of amides is 2. The van der Waals surface area contributed by atoms with Crippen LogP contribution in [-0.2, 0) is 9.47 Å². The summed E-state index contributed by atoms with van der Waals surface area (Å²) in [5.74, 6) is 0. The van der Waals surface area contributed by atoms with Gasteiger partial charge in [0.2, 0.25) is 0 Å². The number of nitrogens with zero attached hydrogens (tertiary/aromatic N) is 1. The highest BCUT2D eigenvalue weighted by Crippen LogP contribution is 2.28. The van der Waals surface area contributed by atoms with Crippen molar-refractivity contribution in [3.63, 3.8) is 0 Å². The van der Waals surface area contributed by atoms with Gasteiger partial charge in [-0.25, -0.2) is 9.59 Å². The Morgan fingerprint density at radius 3 is 1.95 bits per heavy atom. The maximum absolute atomic E-state index is 10.8. The summed E-state index contributed by atoms with van der Waals surface area (Å²) < 4.78 is 10.2. The standard InChI is InChI=1S/C15H29N3O4/c1-14(2,21-12(16)19)7-5-11-6-9-18(11)10-8-15(3,4)22-13(17)20/h11H,5-10H2,1-4H3,(H2,16,19)(H2,17,20). The quantitative estimate of drug-likeness (QED) is 0.712. The van der Waals surface area contributed by atoms with E-state index in [0.29, 0.717) is 6.04 Å². The Balaban J connectivity index is 2.33. The number of hydrogen-bond donors (Lipinski definition) is 2. The topological polar surface area (TPSA) is 108 Å². The molecule has 1 rings (SSSR count). The Morgan fingerprint density at radius 2 is 1.55 bits per heavy atom. The number of ether oxygens (including phenoxy) is 2. The molecule has 1 heterocycles. The van der Waals surface area contributed by atoms with Crippen molar-refractivity contribution >= 4 is 12.2 Å². The van der Waals surface area contributed by atoms with Gasteiger partial charge in [0.1, 0.15) is 11.2 Å². The summed E-state index contributed by atoms with van der Waals surface area (Å²) in [5, 5.41) is 0. The third kappa shape index (κ3) is 6.51. The lowest BCUT2D eigenvalue weighted by Crippen LogP contribution is -2.50. The largest absolute Gasteiger partial charge is 0.444 e. The molecule has 0 aromatic carbocycles. The van der Waals surface area contributed by atoms with Gasteiger partial charge in [0.25, 0.3) is 0 Å². The molecule has 128 valence electrons.